The van der Waals surface area contributed by atoms with Crippen molar-refractivity contribution in [2.75, 3.05) is 38.1 Å². The number of nitrogens with zero attached hydrogens (tertiary/aromatic N) is 3. The summed E-state index contributed by atoms with van der Waals surface area (Å²) < 4.78 is 5.60. The van der Waals surface area contributed by atoms with E-state index >= 15 is 0 Å². The number of hydrogen-bond donors (Lipinski definition) is 1. The molecule has 0 aliphatic carbocycles. The Morgan fingerprint density at radius 3 is 2.65 bits per heavy atom. The van der Waals surface area contributed by atoms with Crippen LogP contribution in [0.5, 0.6) is 0 Å². The molecular formula is C15H26N4O. The lowest BCUT2D eigenvalue weighted by molar-refractivity contribution is 0.140. The molecule has 2 saturated heterocycles. The van der Waals surface area contributed by atoms with Gasteiger partial charge in [0.15, 0.2) is 0 Å². The van der Waals surface area contributed by atoms with E-state index in [4.69, 9.17) is 4.42 Å². The molecule has 0 radical (unpaired) electrons. The number of anilines is 1. The predicted molar refractivity (Wildman–Crippen MR) is 79.9 cm³/mol. The first kappa shape index (κ1) is 13.9. The quantitative estimate of drug-likeness (QED) is 0.910. The molecule has 0 atom stereocenters. The molecule has 1 aromatic rings. The lowest BCUT2D eigenvalue weighted by Gasteiger charge is -2.39. The second kappa shape index (κ2) is 6.59. The van der Waals surface area contributed by atoms with Crippen molar-refractivity contribution in [3.8, 4) is 0 Å². The van der Waals surface area contributed by atoms with Gasteiger partial charge in [-0.25, -0.2) is 0 Å². The summed E-state index contributed by atoms with van der Waals surface area (Å²) >= 11 is 0. The number of likely N-dealkylation sites (tertiary alicyclic amines) is 1. The van der Waals surface area contributed by atoms with E-state index < -0.39 is 0 Å². The van der Waals surface area contributed by atoms with Crippen molar-refractivity contribution in [2.45, 2.75) is 44.7 Å². The Labute approximate surface area is 121 Å². The minimum Gasteiger partial charge on any atom is -0.432 e. The largest absolute Gasteiger partial charge is 0.432 e. The Bertz CT molecular complexity index is 406. The molecule has 0 bridgehead atoms. The number of hydrogen-bond acceptors (Lipinski definition) is 5. The van der Waals surface area contributed by atoms with Crippen molar-refractivity contribution in [3.05, 3.63) is 12.0 Å². The molecule has 2 fully saturated rings. The third kappa shape index (κ3) is 3.15. The van der Waals surface area contributed by atoms with E-state index in [1.807, 2.05) is 7.05 Å². The van der Waals surface area contributed by atoms with Crippen molar-refractivity contribution in [1.82, 2.24) is 15.2 Å². The molecule has 3 heterocycles. The number of aromatic nitrogens is 1. The van der Waals surface area contributed by atoms with Gasteiger partial charge in [-0.3, -0.25) is 0 Å². The Kier molecular flexibility index (Phi) is 4.58. The van der Waals surface area contributed by atoms with E-state index in [2.05, 4.69) is 20.1 Å². The van der Waals surface area contributed by atoms with Crippen LogP contribution in [0.2, 0.25) is 0 Å². The molecule has 0 spiro atoms. The first-order valence-corrected chi connectivity index (χ1v) is 7.95. The standard InChI is InChI=1S/C15H26N4O/c1-16-11-13-12-20-15(17-13)19-9-5-14(6-10-19)18-7-3-2-4-8-18/h12,14,16H,2-11H2,1H3. The van der Waals surface area contributed by atoms with Gasteiger partial charge in [-0.1, -0.05) is 6.42 Å². The van der Waals surface area contributed by atoms with Gasteiger partial charge in [0, 0.05) is 25.7 Å². The summed E-state index contributed by atoms with van der Waals surface area (Å²) in [5.74, 6) is 0. The zero-order chi connectivity index (χ0) is 13.8. The zero-order valence-electron chi connectivity index (χ0n) is 12.5. The zero-order valence-corrected chi connectivity index (χ0v) is 12.5. The van der Waals surface area contributed by atoms with E-state index in [1.165, 1.54) is 45.2 Å². The molecule has 3 rings (SSSR count). The maximum absolute atomic E-state index is 5.60. The van der Waals surface area contributed by atoms with Crippen LogP contribution < -0.4 is 10.2 Å². The highest BCUT2D eigenvalue weighted by Crippen LogP contribution is 2.24. The monoisotopic (exact) mass is 278 g/mol. The van der Waals surface area contributed by atoms with Gasteiger partial charge >= 0.3 is 0 Å². The lowest BCUT2D eigenvalue weighted by atomic mass is 10.0. The highest BCUT2D eigenvalue weighted by atomic mass is 16.4. The van der Waals surface area contributed by atoms with Crippen LogP contribution in [0.3, 0.4) is 0 Å². The van der Waals surface area contributed by atoms with Gasteiger partial charge in [0.2, 0.25) is 0 Å². The van der Waals surface area contributed by atoms with E-state index in [1.54, 1.807) is 6.26 Å². The molecule has 0 aromatic carbocycles. The van der Waals surface area contributed by atoms with Gasteiger partial charge in [-0.15, -0.1) is 0 Å². The molecule has 0 unspecified atom stereocenters. The lowest BCUT2D eigenvalue weighted by Crippen LogP contribution is -2.46. The average Bonchev–Trinajstić information content (AvgIpc) is 2.97. The van der Waals surface area contributed by atoms with Gasteiger partial charge in [0.05, 0.1) is 5.69 Å². The fraction of sp³-hybridized carbons (Fsp3) is 0.800. The normalized spacial score (nSPS) is 22.4. The van der Waals surface area contributed by atoms with Crippen LogP contribution in [0.25, 0.3) is 0 Å². The Morgan fingerprint density at radius 2 is 1.95 bits per heavy atom. The van der Waals surface area contributed by atoms with Gasteiger partial charge < -0.3 is 19.5 Å². The number of nitrogens with one attached hydrogen (secondary N) is 1. The number of piperidine rings is 2. The Balaban J connectivity index is 1.52. The predicted octanol–water partition coefficient (Wildman–Crippen LogP) is 1.85. The van der Waals surface area contributed by atoms with Crippen LogP contribution in [0, 0.1) is 0 Å². The van der Waals surface area contributed by atoms with E-state index in [-0.39, 0.29) is 0 Å². The van der Waals surface area contributed by atoms with Crippen molar-refractivity contribution < 1.29 is 4.42 Å². The van der Waals surface area contributed by atoms with Crippen LogP contribution in [-0.4, -0.2) is 49.2 Å². The molecule has 2 aliphatic heterocycles. The maximum atomic E-state index is 5.60. The molecule has 20 heavy (non-hydrogen) atoms. The maximum Gasteiger partial charge on any atom is 0.297 e. The minimum absolute atomic E-state index is 0.772. The van der Waals surface area contributed by atoms with Crippen molar-refractivity contribution in [3.63, 3.8) is 0 Å². The third-order valence-corrected chi connectivity index (χ3v) is 4.54. The average molecular weight is 278 g/mol. The molecule has 1 aromatic heterocycles. The van der Waals surface area contributed by atoms with Crippen LogP contribution in [-0.2, 0) is 6.54 Å². The fourth-order valence-electron chi connectivity index (χ4n) is 3.41. The van der Waals surface area contributed by atoms with Gasteiger partial charge in [-0.05, 0) is 45.8 Å². The van der Waals surface area contributed by atoms with Crippen molar-refractivity contribution in [2.24, 2.45) is 0 Å². The second-order valence-corrected chi connectivity index (χ2v) is 5.97. The minimum atomic E-state index is 0.772. The van der Waals surface area contributed by atoms with E-state index in [9.17, 15) is 0 Å². The van der Waals surface area contributed by atoms with Gasteiger partial charge in [0.25, 0.3) is 6.01 Å². The molecule has 1 N–H and O–H groups in total. The smallest absolute Gasteiger partial charge is 0.297 e. The highest BCUT2D eigenvalue weighted by Gasteiger charge is 2.27. The topological polar surface area (TPSA) is 44.5 Å². The highest BCUT2D eigenvalue weighted by molar-refractivity contribution is 5.28. The molecule has 0 saturated carbocycles. The van der Waals surface area contributed by atoms with Crippen LogP contribution in [0.1, 0.15) is 37.8 Å². The number of oxazole rings is 1. The van der Waals surface area contributed by atoms with E-state index in [0.29, 0.717) is 0 Å². The summed E-state index contributed by atoms with van der Waals surface area (Å²) in [5.41, 5.74) is 0.987. The summed E-state index contributed by atoms with van der Waals surface area (Å²) in [6, 6.07) is 1.57. The van der Waals surface area contributed by atoms with Crippen molar-refractivity contribution in [1.29, 1.82) is 0 Å². The molecule has 5 heteroatoms. The van der Waals surface area contributed by atoms with Crippen LogP contribution in [0.4, 0.5) is 6.01 Å². The SMILES string of the molecule is CNCc1coc(N2CCC(N3CCCCC3)CC2)n1. The van der Waals surface area contributed by atoms with Gasteiger partial charge in [-0.2, -0.15) is 4.98 Å². The summed E-state index contributed by atoms with van der Waals surface area (Å²) in [5, 5.41) is 3.10. The van der Waals surface area contributed by atoms with Crippen LogP contribution >= 0.6 is 0 Å². The first-order chi connectivity index (χ1) is 9.86. The van der Waals surface area contributed by atoms with E-state index in [0.717, 1.165) is 37.4 Å². The van der Waals surface area contributed by atoms with Crippen LogP contribution in [0.15, 0.2) is 10.7 Å². The third-order valence-electron chi connectivity index (χ3n) is 4.54. The second-order valence-electron chi connectivity index (χ2n) is 5.97. The molecule has 0 amide bonds. The summed E-state index contributed by atoms with van der Waals surface area (Å²) in [6.45, 7) is 5.51. The molecular weight excluding hydrogens is 252 g/mol. The van der Waals surface area contributed by atoms with Crippen molar-refractivity contribution >= 4 is 6.01 Å². The summed E-state index contributed by atoms with van der Waals surface area (Å²) in [7, 11) is 1.93. The molecule has 2 aliphatic rings. The van der Waals surface area contributed by atoms with Gasteiger partial charge in [0.1, 0.15) is 6.26 Å². The molecule has 112 valence electrons. The Hall–Kier alpha value is -1.07. The summed E-state index contributed by atoms with van der Waals surface area (Å²) in [4.78, 5) is 9.53. The molecule has 5 nitrogen and oxygen atoms in total. The first-order valence-electron chi connectivity index (χ1n) is 7.95. The fourth-order valence-corrected chi connectivity index (χ4v) is 3.41. The number of rotatable bonds is 4. The Morgan fingerprint density at radius 1 is 1.20 bits per heavy atom. The summed E-state index contributed by atoms with van der Waals surface area (Å²) in [6.07, 6.45) is 8.43.